The Morgan fingerprint density at radius 2 is 1.76 bits per heavy atom. The Kier molecular flexibility index (Phi) is 8.65. The third kappa shape index (κ3) is 6.32. The average Bonchev–Trinajstić information content (AvgIpc) is 3.56. The molecule has 4 aromatic rings. The molecule has 242 valence electrons. The van der Waals surface area contributed by atoms with Crippen LogP contribution in [0.3, 0.4) is 0 Å². The third-order valence-corrected chi connectivity index (χ3v) is 9.32. The molecule has 3 aromatic heterocycles. The molecule has 3 fully saturated rings. The van der Waals surface area contributed by atoms with Gasteiger partial charge in [0, 0.05) is 76.5 Å². The van der Waals surface area contributed by atoms with Crippen LogP contribution < -0.4 is 21.3 Å². The van der Waals surface area contributed by atoms with Crippen LogP contribution >= 0.6 is 0 Å². The van der Waals surface area contributed by atoms with Gasteiger partial charge in [0.05, 0.1) is 17.5 Å². The molecule has 46 heavy (non-hydrogen) atoms. The third-order valence-electron chi connectivity index (χ3n) is 9.32. The van der Waals surface area contributed by atoms with Crippen LogP contribution in [-0.2, 0) is 4.74 Å². The standard InChI is InChI=1S/C32H40FN11O2/c1-42-12-14-43(15-13-42)22-5-10-44(11-6-22)25-3-2-21(18-23(25)33)39-32-29(30(34)45)40-28(27-26-24(4-9-35-27)36-19-37-26)31(41-32)38-20-7-16-46-17-8-20/h2-4,9,18-20,22H,5-8,10-17H2,1H3,(H2,34,45)(H,36,37)(H2,38,39,41). The fourth-order valence-corrected chi connectivity index (χ4v) is 6.67. The van der Waals surface area contributed by atoms with Gasteiger partial charge in [-0.2, -0.15) is 0 Å². The summed E-state index contributed by atoms with van der Waals surface area (Å²) in [5, 5.41) is 6.60. The second-order valence-corrected chi connectivity index (χ2v) is 12.3. The first-order valence-electron chi connectivity index (χ1n) is 16.0. The number of nitrogens with one attached hydrogen (secondary N) is 3. The molecule has 0 atom stereocenters. The number of amides is 1. The molecule has 3 aliphatic heterocycles. The number of anilines is 4. The van der Waals surface area contributed by atoms with Crippen LogP contribution in [0.25, 0.3) is 22.4 Å². The van der Waals surface area contributed by atoms with Crippen LogP contribution in [0.15, 0.2) is 36.8 Å². The summed E-state index contributed by atoms with van der Waals surface area (Å²) >= 11 is 0. The molecule has 7 rings (SSSR count). The predicted molar refractivity (Wildman–Crippen MR) is 175 cm³/mol. The molecule has 0 saturated carbocycles. The summed E-state index contributed by atoms with van der Waals surface area (Å²) in [7, 11) is 2.17. The van der Waals surface area contributed by atoms with Gasteiger partial charge in [0.1, 0.15) is 22.7 Å². The van der Waals surface area contributed by atoms with E-state index in [4.69, 9.17) is 15.5 Å². The number of pyridine rings is 1. The highest BCUT2D eigenvalue weighted by molar-refractivity contribution is 5.99. The minimum Gasteiger partial charge on any atom is -0.381 e. The summed E-state index contributed by atoms with van der Waals surface area (Å²) < 4.78 is 21.2. The van der Waals surface area contributed by atoms with Crippen molar-refractivity contribution < 1.29 is 13.9 Å². The Hall–Kier alpha value is -4.40. The lowest BCUT2D eigenvalue weighted by molar-refractivity contribution is 0.0904. The fourth-order valence-electron chi connectivity index (χ4n) is 6.67. The zero-order chi connectivity index (χ0) is 31.6. The van der Waals surface area contributed by atoms with Crippen molar-refractivity contribution in [2.75, 3.05) is 75.1 Å². The number of benzene rings is 1. The van der Waals surface area contributed by atoms with E-state index in [1.165, 1.54) is 6.07 Å². The molecule has 1 aromatic carbocycles. The maximum atomic E-state index is 15.6. The van der Waals surface area contributed by atoms with E-state index in [0.29, 0.717) is 53.4 Å². The van der Waals surface area contributed by atoms with Gasteiger partial charge in [0.25, 0.3) is 5.91 Å². The maximum Gasteiger partial charge on any atom is 0.271 e. The predicted octanol–water partition coefficient (Wildman–Crippen LogP) is 3.20. The summed E-state index contributed by atoms with van der Waals surface area (Å²) in [5.41, 5.74) is 8.91. The van der Waals surface area contributed by atoms with Gasteiger partial charge in [-0.15, -0.1) is 0 Å². The molecule has 14 heteroatoms. The number of ether oxygens (including phenoxy) is 1. The van der Waals surface area contributed by atoms with Crippen molar-refractivity contribution in [3.63, 3.8) is 0 Å². The van der Waals surface area contributed by atoms with Crippen molar-refractivity contribution in [2.24, 2.45) is 5.73 Å². The zero-order valence-electron chi connectivity index (χ0n) is 26.0. The quantitative estimate of drug-likeness (QED) is 0.227. The topological polar surface area (TPSA) is 153 Å². The molecule has 0 radical (unpaired) electrons. The Labute approximate surface area is 266 Å². The first kappa shape index (κ1) is 30.3. The SMILES string of the molecule is CN1CCN(C2CCN(c3ccc(Nc4nc(NC5CCOCC5)c(-c5nccc6[nH]cnc56)nc4C(N)=O)cc3F)CC2)CC1. The van der Waals surface area contributed by atoms with Crippen LogP contribution in [0.4, 0.5) is 27.4 Å². The molecule has 0 unspecified atom stereocenters. The number of imidazole rings is 1. The molecule has 0 bridgehead atoms. The molecule has 0 aliphatic carbocycles. The normalized spacial score (nSPS) is 19.0. The minimum atomic E-state index is -0.775. The number of piperazine rings is 1. The van der Waals surface area contributed by atoms with Crippen LogP contribution in [0, 0.1) is 5.82 Å². The number of nitrogens with two attached hydrogens (primary N) is 1. The number of likely N-dealkylation sites (N-methyl/N-ethyl adjacent to an activating group) is 1. The summed E-state index contributed by atoms with van der Waals surface area (Å²) in [5.74, 6) is -0.575. The number of piperidine rings is 1. The number of H-pyrrole nitrogens is 1. The van der Waals surface area contributed by atoms with E-state index >= 15 is 4.39 Å². The van der Waals surface area contributed by atoms with Crippen LogP contribution in [-0.4, -0.2) is 112 Å². The maximum absolute atomic E-state index is 15.6. The Morgan fingerprint density at radius 3 is 2.50 bits per heavy atom. The Morgan fingerprint density at radius 1 is 0.978 bits per heavy atom. The number of rotatable bonds is 8. The van der Waals surface area contributed by atoms with E-state index in [-0.39, 0.29) is 23.4 Å². The number of fused-ring (bicyclic) bond motifs is 1. The van der Waals surface area contributed by atoms with Gasteiger partial charge >= 0.3 is 0 Å². The van der Waals surface area contributed by atoms with Crippen molar-refractivity contribution in [3.05, 3.63) is 48.3 Å². The smallest absolute Gasteiger partial charge is 0.271 e. The van der Waals surface area contributed by atoms with Crippen molar-refractivity contribution in [1.82, 2.24) is 34.7 Å². The summed E-state index contributed by atoms with van der Waals surface area (Å²) in [6.07, 6.45) is 6.80. The molecule has 5 N–H and O–H groups in total. The Balaban J connectivity index is 1.14. The Bertz CT molecular complexity index is 1690. The van der Waals surface area contributed by atoms with Crippen molar-refractivity contribution >= 4 is 40.0 Å². The number of aromatic amines is 1. The van der Waals surface area contributed by atoms with Gasteiger partial charge < -0.3 is 35.9 Å². The van der Waals surface area contributed by atoms with Gasteiger partial charge in [-0.1, -0.05) is 0 Å². The average molecular weight is 630 g/mol. The minimum absolute atomic E-state index is 0.0737. The number of aromatic nitrogens is 5. The van der Waals surface area contributed by atoms with E-state index in [2.05, 4.69) is 52.3 Å². The first-order valence-corrected chi connectivity index (χ1v) is 16.0. The lowest BCUT2D eigenvalue weighted by Gasteiger charge is -2.42. The number of nitrogens with zero attached hydrogens (tertiary/aromatic N) is 7. The summed E-state index contributed by atoms with van der Waals surface area (Å²) in [4.78, 5) is 41.3. The number of primary amides is 1. The van der Waals surface area contributed by atoms with Gasteiger partial charge in [0.15, 0.2) is 17.3 Å². The summed E-state index contributed by atoms with van der Waals surface area (Å²) in [6.45, 7) is 7.23. The second kappa shape index (κ2) is 13.1. The molecule has 6 heterocycles. The fraction of sp³-hybridized carbons (Fsp3) is 0.469. The molecule has 3 aliphatic rings. The number of halogens is 1. The number of hydrogen-bond acceptors (Lipinski definition) is 11. The molecule has 0 spiro atoms. The first-order chi connectivity index (χ1) is 22.4. The van der Waals surface area contributed by atoms with E-state index in [0.717, 1.165) is 70.5 Å². The second-order valence-electron chi connectivity index (χ2n) is 12.3. The number of carbonyl (C=O) groups is 1. The van der Waals surface area contributed by atoms with Gasteiger partial charge in [-0.05, 0) is 57.0 Å². The van der Waals surface area contributed by atoms with Crippen molar-refractivity contribution in [2.45, 2.75) is 37.8 Å². The van der Waals surface area contributed by atoms with Gasteiger partial charge in [0.2, 0.25) is 0 Å². The molecule has 3 saturated heterocycles. The van der Waals surface area contributed by atoms with Crippen LogP contribution in [0.2, 0.25) is 0 Å². The van der Waals surface area contributed by atoms with E-state index in [1.54, 1.807) is 24.7 Å². The van der Waals surface area contributed by atoms with E-state index < -0.39 is 5.91 Å². The highest BCUT2D eigenvalue weighted by Crippen LogP contribution is 2.34. The monoisotopic (exact) mass is 629 g/mol. The zero-order valence-corrected chi connectivity index (χ0v) is 26.0. The highest BCUT2D eigenvalue weighted by atomic mass is 19.1. The van der Waals surface area contributed by atoms with E-state index in [9.17, 15) is 4.79 Å². The number of carbonyl (C=O) groups excluding carboxylic acids is 1. The number of hydrogen-bond donors (Lipinski definition) is 4. The largest absolute Gasteiger partial charge is 0.381 e. The summed E-state index contributed by atoms with van der Waals surface area (Å²) in [6, 6.07) is 7.43. The van der Waals surface area contributed by atoms with Gasteiger partial charge in [-0.3, -0.25) is 14.7 Å². The van der Waals surface area contributed by atoms with Crippen LogP contribution in [0.5, 0.6) is 0 Å². The lowest BCUT2D eigenvalue weighted by atomic mass is 10.0. The lowest BCUT2D eigenvalue weighted by Crippen LogP contribution is -2.52. The molecule has 1 amide bonds. The van der Waals surface area contributed by atoms with E-state index in [1.807, 2.05) is 6.07 Å². The molecule has 13 nitrogen and oxygen atoms in total. The van der Waals surface area contributed by atoms with Crippen molar-refractivity contribution in [3.8, 4) is 11.4 Å². The highest BCUT2D eigenvalue weighted by Gasteiger charge is 2.28. The van der Waals surface area contributed by atoms with Crippen molar-refractivity contribution in [1.29, 1.82) is 0 Å². The molecular formula is C32H40FN11O2. The van der Waals surface area contributed by atoms with Crippen LogP contribution in [0.1, 0.15) is 36.2 Å². The molecular weight excluding hydrogens is 589 g/mol. The van der Waals surface area contributed by atoms with Gasteiger partial charge in [-0.25, -0.2) is 19.3 Å².